The van der Waals surface area contributed by atoms with Crippen LogP contribution in [0.25, 0.3) is 33.7 Å². The number of ketones is 1. The number of aromatic nitrogens is 3. The summed E-state index contributed by atoms with van der Waals surface area (Å²) in [5.74, 6) is 1.43. The number of rotatable bonds is 5. The summed E-state index contributed by atoms with van der Waals surface area (Å²) >= 11 is 0. The number of ether oxygens (including phenoxy) is 1. The first-order valence-corrected chi connectivity index (χ1v) is 11.3. The van der Waals surface area contributed by atoms with Gasteiger partial charge in [0.2, 0.25) is 0 Å². The van der Waals surface area contributed by atoms with Crippen LogP contribution in [-0.2, 0) is 0 Å². The standard InChI is InChI=1S/C26H29N5O2/c1-16-23(17(2)32)24(19-7-5-6-8-22(19)33-4)25(27-16)26-28-20-10-9-18(15-21(20)29-26)31-13-11-30(3)12-14-31/h5-10,15,27H,11-14H2,1-4H3,(H,28,29). The zero-order chi connectivity index (χ0) is 23.1. The number of piperazine rings is 1. The molecule has 0 unspecified atom stereocenters. The summed E-state index contributed by atoms with van der Waals surface area (Å²) in [6.45, 7) is 7.67. The van der Waals surface area contributed by atoms with Gasteiger partial charge in [0.15, 0.2) is 11.6 Å². The average molecular weight is 444 g/mol. The smallest absolute Gasteiger partial charge is 0.162 e. The summed E-state index contributed by atoms with van der Waals surface area (Å²) in [6, 6.07) is 14.1. The quantitative estimate of drug-likeness (QED) is 0.444. The fourth-order valence-corrected chi connectivity index (χ4v) is 4.74. The second-order valence-corrected chi connectivity index (χ2v) is 8.71. The van der Waals surface area contributed by atoms with E-state index in [1.807, 2.05) is 31.2 Å². The lowest BCUT2D eigenvalue weighted by atomic mass is 9.97. The van der Waals surface area contributed by atoms with Crippen LogP contribution in [0, 0.1) is 6.92 Å². The number of benzene rings is 2. The van der Waals surface area contributed by atoms with Crippen molar-refractivity contribution in [1.29, 1.82) is 0 Å². The number of methoxy groups -OCH3 is 1. The highest BCUT2D eigenvalue weighted by molar-refractivity contribution is 6.06. The monoisotopic (exact) mass is 443 g/mol. The highest BCUT2D eigenvalue weighted by atomic mass is 16.5. The highest BCUT2D eigenvalue weighted by Gasteiger charge is 2.25. The number of carbonyl (C=O) groups is 1. The van der Waals surface area contributed by atoms with Crippen molar-refractivity contribution in [3.05, 3.63) is 53.7 Å². The molecule has 7 heteroatoms. The highest BCUT2D eigenvalue weighted by Crippen LogP contribution is 2.40. The van der Waals surface area contributed by atoms with Crippen molar-refractivity contribution in [2.75, 3.05) is 45.2 Å². The lowest BCUT2D eigenvalue weighted by molar-refractivity contribution is 0.101. The van der Waals surface area contributed by atoms with Crippen LogP contribution in [-0.4, -0.2) is 66.0 Å². The molecule has 2 aromatic heterocycles. The zero-order valence-electron chi connectivity index (χ0n) is 19.5. The number of aromatic amines is 2. The maximum atomic E-state index is 12.6. The summed E-state index contributed by atoms with van der Waals surface area (Å²) < 4.78 is 5.62. The number of nitrogens with one attached hydrogen (secondary N) is 2. The second-order valence-electron chi connectivity index (χ2n) is 8.71. The third-order valence-corrected chi connectivity index (χ3v) is 6.49. The Hall–Kier alpha value is -3.58. The Balaban J connectivity index is 1.63. The van der Waals surface area contributed by atoms with Gasteiger partial charge in [-0.15, -0.1) is 0 Å². The number of fused-ring (bicyclic) bond motifs is 1. The normalized spacial score (nSPS) is 14.7. The Morgan fingerprint density at radius 2 is 1.82 bits per heavy atom. The van der Waals surface area contributed by atoms with E-state index < -0.39 is 0 Å². The predicted molar refractivity (Wildman–Crippen MR) is 132 cm³/mol. The lowest BCUT2D eigenvalue weighted by Crippen LogP contribution is -2.44. The van der Waals surface area contributed by atoms with Crippen LogP contribution in [0.15, 0.2) is 42.5 Å². The predicted octanol–water partition coefficient (Wildman–Crippen LogP) is 4.50. The van der Waals surface area contributed by atoms with Gasteiger partial charge in [-0.25, -0.2) is 4.98 Å². The van der Waals surface area contributed by atoms with Gasteiger partial charge in [-0.2, -0.15) is 0 Å². The molecular formula is C26H29N5O2. The van der Waals surface area contributed by atoms with Gasteiger partial charge in [-0.05, 0) is 45.2 Å². The van der Waals surface area contributed by atoms with E-state index in [0.717, 1.165) is 59.7 Å². The molecule has 170 valence electrons. The van der Waals surface area contributed by atoms with E-state index in [2.05, 4.69) is 45.0 Å². The number of aryl methyl sites for hydroxylation is 1. The number of Topliss-reactive ketones (excluding diaryl/α,β-unsaturated/α-hetero) is 1. The van der Waals surface area contributed by atoms with Gasteiger partial charge < -0.3 is 24.5 Å². The third-order valence-electron chi connectivity index (χ3n) is 6.49. The molecule has 0 bridgehead atoms. The number of para-hydroxylation sites is 1. The van der Waals surface area contributed by atoms with Crippen molar-refractivity contribution in [3.8, 4) is 28.4 Å². The van der Waals surface area contributed by atoms with E-state index in [4.69, 9.17) is 9.72 Å². The molecule has 7 nitrogen and oxygen atoms in total. The Labute approximate surface area is 193 Å². The second kappa shape index (κ2) is 8.41. The Morgan fingerprint density at radius 3 is 2.55 bits per heavy atom. The molecule has 1 fully saturated rings. The summed E-state index contributed by atoms with van der Waals surface area (Å²) in [5, 5.41) is 0. The van der Waals surface area contributed by atoms with E-state index in [-0.39, 0.29) is 5.78 Å². The van der Waals surface area contributed by atoms with E-state index in [1.54, 1.807) is 14.0 Å². The van der Waals surface area contributed by atoms with Crippen LogP contribution >= 0.6 is 0 Å². The number of H-pyrrole nitrogens is 2. The fourth-order valence-electron chi connectivity index (χ4n) is 4.74. The number of likely N-dealkylation sites (N-methyl/N-ethyl adjacent to an activating group) is 1. The number of carbonyl (C=O) groups excluding carboxylic acids is 1. The SMILES string of the molecule is COc1ccccc1-c1c(-c2nc3ccc(N4CCN(C)CC4)cc3[nH]2)[nH]c(C)c1C(C)=O. The first-order valence-electron chi connectivity index (χ1n) is 11.3. The fraction of sp³-hybridized carbons (Fsp3) is 0.308. The largest absolute Gasteiger partial charge is 0.496 e. The number of anilines is 1. The van der Waals surface area contributed by atoms with Crippen molar-refractivity contribution < 1.29 is 9.53 Å². The minimum atomic E-state index is 0.00405. The van der Waals surface area contributed by atoms with E-state index in [9.17, 15) is 4.79 Å². The van der Waals surface area contributed by atoms with Crippen LogP contribution in [0.2, 0.25) is 0 Å². The van der Waals surface area contributed by atoms with Gasteiger partial charge in [-0.1, -0.05) is 18.2 Å². The van der Waals surface area contributed by atoms with Crippen molar-refractivity contribution in [1.82, 2.24) is 19.9 Å². The lowest BCUT2D eigenvalue weighted by Gasteiger charge is -2.34. The van der Waals surface area contributed by atoms with Crippen LogP contribution < -0.4 is 9.64 Å². The van der Waals surface area contributed by atoms with E-state index in [0.29, 0.717) is 17.1 Å². The topological polar surface area (TPSA) is 77.2 Å². The van der Waals surface area contributed by atoms with Crippen LogP contribution in [0.1, 0.15) is 23.0 Å². The summed E-state index contributed by atoms with van der Waals surface area (Å²) in [4.78, 5) is 29.2. The van der Waals surface area contributed by atoms with Crippen molar-refractivity contribution in [2.45, 2.75) is 13.8 Å². The summed E-state index contributed by atoms with van der Waals surface area (Å²) in [6.07, 6.45) is 0. The molecule has 3 heterocycles. The molecule has 0 radical (unpaired) electrons. The van der Waals surface area contributed by atoms with Gasteiger partial charge in [0, 0.05) is 54.3 Å². The first-order chi connectivity index (χ1) is 16.0. The average Bonchev–Trinajstić information content (AvgIpc) is 3.39. The van der Waals surface area contributed by atoms with Crippen LogP contribution in [0.3, 0.4) is 0 Å². The molecule has 2 N–H and O–H groups in total. The van der Waals surface area contributed by atoms with Crippen molar-refractivity contribution in [2.24, 2.45) is 0 Å². The molecule has 0 aliphatic carbocycles. The molecule has 4 aromatic rings. The zero-order valence-corrected chi connectivity index (χ0v) is 19.5. The first kappa shape index (κ1) is 21.3. The minimum Gasteiger partial charge on any atom is -0.496 e. The van der Waals surface area contributed by atoms with E-state index in [1.165, 1.54) is 5.69 Å². The Kier molecular flexibility index (Phi) is 5.42. The van der Waals surface area contributed by atoms with Crippen molar-refractivity contribution >= 4 is 22.5 Å². The molecule has 1 saturated heterocycles. The molecule has 0 spiro atoms. The maximum absolute atomic E-state index is 12.6. The summed E-state index contributed by atoms with van der Waals surface area (Å²) in [7, 11) is 3.81. The molecule has 1 aliphatic heterocycles. The molecule has 0 saturated carbocycles. The molecule has 5 rings (SSSR count). The number of hydrogen-bond acceptors (Lipinski definition) is 5. The molecule has 0 atom stereocenters. The molecule has 1 aliphatic rings. The maximum Gasteiger partial charge on any atom is 0.162 e. The van der Waals surface area contributed by atoms with Gasteiger partial charge in [0.25, 0.3) is 0 Å². The number of imidazole rings is 1. The Morgan fingerprint density at radius 1 is 1.06 bits per heavy atom. The summed E-state index contributed by atoms with van der Waals surface area (Å²) in [5.41, 5.74) is 7.01. The minimum absolute atomic E-state index is 0.00405. The van der Waals surface area contributed by atoms with Gasteiger partial charge in [0.05, 0.1) is 23.8 Å². The Bertz CT molecular complexity index is 1330. The van der Waals surface area contributed by atoms with Gasteiger partial charge in [0.1, 0.15) is 5.75 Å². The van der Waals surface area contributed by atoms with Gasteiger partial charge in [-0.3, -0.25) is 4.79 Å². The number of nitrogens with zero attached hydrogens (tertiary/aromatic N) is 3. The molecular weight excluding hydrogens is 414 g/mol. The van der Waals surface area contributed by atoms with Crippen LogP contribution in [0.5, 0.6) is 5.75 Å². The molecule has 2 aromatic carbocycles. The molecule has 0 amide bonds. The van der Waals surface area contributed by atoms with Gasteiger partial charge >= 0.3 is 0 Å². The molecule has 33 heavy (non-hydrogen) atoms. The van der Waals surface area contributed by atoms with Crippen molar-refractivity contribution in [3.63, 3.8) is 0 Å². The van der Waals surface area contributed by atoms with E-state index >= 15 is 0 Å². The third kappa shape index (κ3) is 3.78. The number of hydrogen-bond donors (Lipinski definition) is 2. The van der Waals surface area contributed by atoms with Crippen LogP contribution in [0.4, 0.5) is 5.69 Å².